The zero-order valence-corrected chi connectivity index (χ0v) is 10.2. The molecule has 1 aliphatic carbocycles. The van der Waals surface area contributed by atoms with Crippen LogP contribution in [0.2, 0.25) is 5.15 Å². The average Bonchev–Trinajstić information content (AvgIpc) is 2.21. The van der Waals surface area contributed by atoms with Crippen LogP contribution < -0.4 is 5.32 Å². The van der Waals surface area contributed by atoms with Crippen molar-refractivity contribution in [1.29, 1.82) is 0 Å². The van der Waals surface area contributed by atoms with Crippen molar-refractivity contribution >= 4 is 23.4 Å². The second-order valence-corrected chi connectivity index (χ2v) is 4.73. The predicted molar refractivity (Wildman–Crippen MR) is 66.7 cm³/mol. The van der Waals surface area contributed by atoms with Crippen molar-refractivity contribution in [2.24, 2.45) is 5.92 Å². The highest BCUT2D eigenvalue weighted by Gasteiger charge is 2.17. The summed E-state index contributed by atoms with van der Waals surface area (Å²) < 4.78 is 0. The van der Waals surface area contributed by atoms with Gasteiger partial charge in [-0.15, -0.1) is 0 Å². The molecule has 2 rings (SSSR count). The van der Waals surface area contributed by atoms with E-state index < -0.39 is 5.97 Å². The number of carbonyl (C=O) groups is 1. The molecule has 0 spiro atoms. The Morgan fingerprint density at radius 3 is 2.88 bits per heavy atom. The molecule has 0 unspecified atom stereocenters. The van der Waals surface area contributed by atoms with E-state index in [0.717, 1.165) is 18.9 Å². The molecule has 17 heavy (non-hydrogen) atoms. The first-order chi connectivity index (χ1) is 8.16. The molecular weight excluding hydrogens is 240 g/mol. The van der Waals surface area contributed by atoms with Crippen molar-refractivity contribution in [2.45, 2.75) is 25.7 Å². The summed E-state index contributed by atoms with van der Waals surface area (Å²) in [6.45, 7) is 0.748. The fraction of sp³-hybridized carbons (Fsp3) is 0.500. The van der Waals surface area contributed by atoms with E-state index in [1.165, 1.54) is 31.4 Å². The number of hydrogen-bond donors (Lipinski definition) is 2. The Labute approximate surface area is 105 Å². The largest absolute Gasteiger partial charge is 0.478 e. The lowest BCUT2D eigenvalue weighted by Crippen LogP contribution is -2.17. The molecule has 0 aliphatic heterocycles. The first-order valence-corrected chi connectivity index (χ1v) is 6.18. The van der Waals surface area contributed by atoms with Crippen molar-refractivity contribution in [3.63, 3.8) is 0 Å². The molecule has 0 bridgehead atoms. The number of carboxylic acid groups (broad SMARTS) is 1. The molecular formula is C12H15ClN2O2. The van der Waals surface area contributed by atoms with Crippen LogP contribution in [0.1, 0.15) is 36.0 Å². The van der Waals surface area contributed by atoms with E-state index in [1.807, 2.05) is 0 Å². The molecule has 2 N–H and O–H groups in total. The maximum absolute atomic E-state index is 11.0. The number of halogens is 1. The summed E-state index contributed by atoms with van der Waals surface area (Å²) >= 11 is 5.76. The third kappa shape index (κ3) is 3.09. The zero-order chi connectivity index (χ0) is 12.3. The van der Waals surface area contributed by atoms with Crippen LogP contribution in [-0.2, 0) is 0 Å². The van der Waals surface area contributed by atoms with Crippen LogP contribution in [0.15, 0.2) is 12.1 Å². The lowest BCUT2D eigenvalue weighted by atomic mass is 9.83. The summed E-state index contributed by atoms with van der Waals surface area (Å²) in [5, 5.41) is 12.4. The molecule has 92 valence electrons. The Morgan fingerprint density at radius 1 is 1.53 bits per heavy atom. The van der Waals surface area contributed by atoms with Gasteiger partial charge >= 0.3 is 5.97 Å². The Kier molecular flexibility index (Phi) is 3.84. The van der Waals surface area contributed by atoms with E-state index in [2.05, 4.69) is 10.3 Å². The summed E-state index contributed by atoms with van der Waals surface area (Å²) in [4.78, 5) is 15.0. The smallest absolute Gasteiger partial charge is 0.339 e. The second kappa shape index (κ2) is 5.36. The van der Waals surface area contributed by atoms with Crippen LogP contribution in [-0.4, -0.2) is 22.6 Å². The van der Waals surface area contributed by atoms with Gasteiger partial charge in [0, 0.05) is 6.54 Å². The van der Waals surface area contributed by atoms with E-state index in [-0.39, 0.29) is 5.56 Å². The van der Waals surface area contributed by atoms with E-state index >= 15 is 0 Å². The van der Waals surface area contributed by atoms with Gasteiger partial charge in [-0.05, 0) is 24.5 Å². The first-order valence-electron chi connectivity index (χ1n) is 5.80. The van der Waals surface area contributed by atoms with Crippen molar-refractivity contribution in [1.82, 2.24) is 4.98 Å². The highest BCUT2D eigenvalue weighted by Crippen LogP contribution is 2.29. The molecule has 1 heterocycles. The van der Waals surface area contributed by atoms with Crippen LogP contribution >= 0.6 is 11.6 Å². The van der Waals surface area contributed by atoms with Gasteiger partial charge in [-0.3, -0.25) is 0 Å². The van der Waals surface area contributed by atoms with Crippen LogP contribution in [0.5, 0.6) is 0 Å². The van der Waals surface area contributed by atoms with Crippen molar-refractivity contribution in [3.8, 4) is 0 Å². The van der Waals surface area contributed by atoms with Crippen LogP contribution in [0, 0.1) is 5.92 Å². The van der Waals surface area contributed by atoms with Gasteiger partial charge in [0.2, 0.25) is 0 Å². The summed E-state index contributed by atoms with van der Waals surface area (Å²) in [6, 6.07) is 2.96. The standard InChI is InChI=1S/C12H15ClN2O2/c13-10-5-4-9(12(16)17)11(15-10)14-7-6-8-2-1-3-8/h4-5,8H,1-3,6-7H2,(H,14,15)(H,16,17). The molecule has 1 aliphatic rings. The molecule has 0 aromatic carbocycles. The van der Waals surface area contributed by atoms with Gasteiger partial charge in [-0.1, -0.05) is 30.9 Å². The predicted octanol–water partition coefficient (Wildman–Crippen LogP) is 3.04. The normalized spacial score (nSPS) is 15.4. The highest BCUT2D eigenvalue weighted by atomic mass is 35.5. The second-order valence-electron chi connectivity index (χ2n) is 4.35. The van der Waals surface area contributed by atoms with Crippen LogP contribution in [0.25, 0.3) is 0 Å². The lowest BCUT2D eigenvalue weighted by Gasteiger charge is -2.25. The summed E-state index contributed by atoms with van der Waals surface area (Å²) in [6.07, 6.45) is 4.96. The molecule has 1 fully saturated rings. The molecule has 0 atom stereocenters. The molecule has 5 heteroatoms. The number of anilines is 1. The van der Waals surface area contributed by atoms with E-state index in [0.29, 0.717) is 11.0 Å². The van der Waals surface area contributed by atoms with Crippen LogP contribution in [0.3, 0.4) is 0 Å². The Balaban J connectivity index is 1.97. The molecule has 0 saturated heterocycles. The monoisotopic (exact) mass is 254 g/mol. The van der Waals surface area contributed by atoms with Gasteiger partial charge < -0.3 is 10.4 Å². The van der Waals surface area contributed by atoms with Crippen molar-refractivity contribution in [3.05, 3.63) is 22.8 Å². The number of nitrogens with one attached hydrogen (secondary N) is 1. The number of rotatable bonds is 5. The summed E-state index contributed by atoms with van der Waals surface area (Å²) in [5.41, 5.74) is 0.169. The van der Waals surface area contributed by atoms with Gasteiger partial charge in [-0.25, -0.2) is 9.78 Å². The molecule has 0 amide bonds. The molecule has 1 saturated carbocycles. The quantitative estimate of drug-likeness (QED) is 0.793. The van der Waals surface area contributed by atoms with E-state index in [1.54, 1.807) is 0 Å². The number of pyridine rings is 1. The maximum atomic E-state index is 11.0. The van der Waals surface area contributed by atoms with Gasteiger partial charge in [0.05, 0.1) is 0 Å². The minimum Gasteiger partial charge on any atom is -0.478 e. The van der Waals surface area contributed by atoms with Gasteiger partial charge in [0.25, 0.3) is 0 Å². The minimum atomic E-state index is -0.986. The van der Waals surface area contributed by atoms with Gasteiger partial charge in [0.15, 0.2) is 0 Å². The minimum absolute atomic E-state index is 0.169. The number of aromatic nitrogens is 1. The SMILES string of the molecule is O=C(O)c1ccc(Cl)nc1NCCC1CCC1. The first kappa shape index (κ1) is 12.2. The topological polar surface area (TPSA) is 62.2 Å². The number of hydrogen-bond acceptors (Lipinski definition) is 3. The Morgan fingerprint density at radius 2 is 2.29 bits per heavy atom. The Hall–Kier alpha value is -1.29. The van der Waals surface area contributed by atoms with Gasteiger partial charge in [0.1, 0.15) is 16.5 Å². The number of carboxylic acids is 1. The number of nitrogens with zero attached hydrogens (tertiary/aromatic N) is 1. The molecule has 1 aromatic rings. The van der Waals surface area contributed by atoms with Crippen molar-refractivity contribution < 1.29 is 9.90 Å². The lowest BCUT2D eigenvalue weighted by molar-refractivity contribution is 0.0697. The maximum Gasteiger partial charge on any atom is 0.339 e. The van der Waals surface area contributed by atoms with E-state index in [4.69, 9.17) is 16.7 Å². The third-order valence-electron chi connectivity index (χ3n) is 3.16. The van der Waals surface area contributed by atoms with Crippen LogP contribution in [0.4, 0.5) is 5.82 Å². The average molecular weight is 255 g/mol. The third-order valence-corrected chi connectivity index (χ3v) is 3.37. The fourth-order valence-electron chi connectivity index (χ4n) is 1.92. The number of aromatic carboxylic acids is 1. The zero-order valence-electron chi connectivity index (χ0n) is 9.45. The molecule has 1 aromatic heterocycles. The summed E-state index contributed by atoms with van der Waals surface area (Å²) in [7, 11) is 0. The van der Waals surface area contributed by atoms with Gasteiger partial charge in [-0.2, -0.15) is 0 Å². The van der Waals surface area contributed by atoms with E-state index in [9.17, 15) is 4.79 Å². The highest BCUT2D eigenvalue weighted by molar-refractivity contribution is 6.29. The van der Waals surface area contributed by atoms with Crippen molar-refractivity contribution in [2.75, 3.05) is 11.9 Å². The summed E-state index contributed by atoms with van der Waals surface area (Å²) in [5.74, 6) is 0.166. The Bertz CT molecular complexity index is 419. The fourth-order valence-corrected chi connectivity index (χ4v) is 2.07. The molecule has 0 radical (unpaired) electrons. The molecule has 4 nitrogen and oxygen atoms in total.